The number of carboxylic acid groups (broad SMARTS) is 3. The highest BCUT2D eigenvalue weighted by Crippen LogP contribution is 2.20. The van der Waals surface area contributed by atoms with Gasteiger partial charge in [-0.15, -0.1) is 0 Å². The summed E-state index contributed by atoms with van der Waals surface area (Å²) in [5.41, 5.74) is 87.6. The highest BCUT2D eigenvalue weighted by atomic mass is 32.1. The van der Waals surface area contributed by atoms with Crippen LogP contribution in [0.25, 0.3) is 0 Å². The molecule has 2 rings (SSSR count). The van der Waals surface area contributed by atoms with Crippen LogP contribution < -0.4 is 91.7 Å². The second kappa shape index (κ2) is 68.5. The average Bonchev–Trinajstić information content (AvgIpc) is 0.911. The molecule has 0 saturated heterocycles. The van der Waals surface area contributed by atoms with Crippen LogP contribution in [0.1, 0.15) is 184 Å². The van der Waals surface area contributed by atoms with Crippen molar-refractivity contribution in [1.29, 1.82) is 0 Å². The molecular weight excluding hydrogens is 1360 g/mol. The summed E-state index contributed by atoms with van der Waals surface area (Å²) in [6.07, 6.45) is 10.1. The third kappa shape index (κ3) is 59.7. The van der Waals surface area contributed by atoms with Crippen molar-refractivity contribution >= 4 is 75.5 Å². The Hall–Kier alpha value is -6.01. The summed E-state index contributed by atoms with van der Waals surface area (Å²) in [7, 11) is 0. The number of hydrogen-bond acceptors (Lipinski definition) is 27. The molecule has 0 aliphatic rings. The van der Waals surface area contributed by atoms with E-state index in [9.17, 15) is 47.9 Å². The van der Waals surface area contributed by atoms with E-state index < -0.39 is 78.0 Å². The third-order valence-corrected chi connectivity index (χ3v) is 17.5. The number of rotatable bonds is 46. The molecule has 0 heterocycles. The number of hydrogen-bond donors (Lipinski definition) is 19. The van der Waals surface area contributed by atoms with Gasteiger partial charge in [-0.1, -0.05) is 168 Å². The van der Waals surface area contributed by atoms with Gasteiger partial charge in [0.2, 0.25) is 0 Å². The van der Waals surface area contributed by atoms with E-state index in [1.807, 2.05) is 95.3 Å². The Bertz CT molecular complexity index is 2550. The van der Waals surface area contributed by atoms with Crippen molar-refractivity contribution in [2.45, 2.75) is 234 Å². The van der Waals surface area contributed by atoms with Crippen molar-refractivity contribution < 1.29 is 63.3 Å². The van der Waals surface area contributed by atoms with Crippen molar-refractivity contribution in [2.24, 2.45) is 139 Å². The maximum Gasteiger partial charge on any atom is 0.307 e. The quantitative estimate of drug-likeness (QED) is 0.0423. The number of carbonyl (C=O) groups excluding carboxylic acids is 7. The zero-order valence-electron chi connectivity index (χ0n) is 65.3. The van der Waals surface area contributed by atoms with Gasteiger partial charge in [-0.05, 0) is 85.7 Å². The molecule has 0 aliphatic carbocycles. The maximum atomic E-state index is 11.6. The van der Waals surface area contributed by atoms with Crippen molar-refractivity contribution in [3.05, 3.63) is 71.8 Å². The smallest absolute Gasteiger partial charge is 0.307 e. The highest BCUT2D eigenvalue weighted by Gasteiger charge is 2.27. The van der Waals surface area contributed by atoms with Gasteiger partial charge in [0.15, 0.2) is 40.5 Å². The molecule has 0 aromatic heterocycles. The second-order valence-electron chi connectivity index (χ2n) is 27.1. The number of Topliss-reactive ketones (excluding diaryl/α,β-unsaturated/α-hetero) is 7. The van der Waals surface area contributed by atoms with Crippen molar-refractivity contribution in [2.75, 3.05) is 52.4 Å². The first-order valence-electron chi connectivity index (χ1n) is 36.8. The molecule has 105 heavy (non-hydrogen) atoms. The van der Waals surface area contributed by atoms with Crippen LogP contribution in [0.15, 0.2) is 60.7 Å². The first kappa shape index (κ1) is 110. The van der Waals surface area contributed by atoms with Gasteiger partial charge in [0, 0.05) is 108 Å². The molecule has 2 aromatic rings. The predicted molar refractivity (Wildman–Crippen MR) is 427 cm³/mol. The van der Waals surface area contributed by atoms with Crippen LogP contribution in [0.4, 0.5) is 0 Å². The minimum Gasteiger partial charge on any atom is -0.481 e. The van der Waals surface area contributed by atoms with Crippen LogP contribution in [-0.2, 0) is 60.8 Å². The summed E-state index contributed by atoms with van der Waals surface area (Å²) < 4.78 is 0. The van der Waals surface area contributed by atoms with E-state index in [-0.39, 0.29) is 112 Å². The molecule has 14 atom stereocenters. The molecule has 0 saturated carbocycles. The fourth-order valence-corrected chi connectivity index (χ4v) is 8.94. The van der Waals surface area contributed by atoms with E-state index in [1.54, 1.807) is 0 Å². The number of benzene rings is 2. The topological polar surface area (TPSA) is 648 Å². The molecule has 0 spiro atoms. The Kier molecular flexibility index (Phi) is 71.7. The average molecular weight is 1510 g/mol. The van der Waals surface area contributed by atoms with Gasteiger partial charge in [-0.2, -0.15) is 0 Å². The van der Waals surface area contributed by atoms with Gasteiger partial charge in [-0.3, -0.25) is 47.9 Å². The van der Waals surface area contributed by atoms with Crippen molar-refractivity contribution in [3.8, 4) is 0 Å². The Morgan fingerprint density at radius 2 is 0.619 bits per heavy atom. The number of nitrogens with two attached hydrogens (primary N) is 16. The summed E-state index contributed by atoms with van der Waals surface area (Å²) in [5, 5.41) is 27.2. The number of unbranched alkanes of at least 4 members (excludes halogenated alkanes) is 2. The fraction of sp³-hybridized carbons (Fsp3) is 0.693. The number of aliphatic carboxylic acids is 3. The molecule has 0 fully saturated rings. The Morgan fingerprint density at radius 1 is 0.343 bits per heavy atom. The zero-order chi connectivity index (χ0) is 82.5. The lowest BCUT2D eigenvalue weighted by Gasteiger charge is -2.18. The Balaban J connectivity index is -0.000000270. The predicted octanol–water partition coefficient (Wildman–Crippen LogP) is 2.27. The van der Waals surface area contributed by atoms with E-state index in [1.165, 1.54) is 0 Å². The van der Waals surface area contributed by atoms with Crippen LogP contribution in [0.5, 0.6) is 0 Å². The Morgan fingerprint density at radius 3 is 0.867 bits per heavy atom. The van der Waals surface area contributed by atoms with E-state index in [0.29, 0.717) is 92.2 Å². The standard InChI is InChI=1S/2C13H18N2O3.C10H20N2O2S.C10H22N2O.C9H20N2O.2C7H16N2O.C6H14N2O/c2*14-8-11(15)12(16)7-10(13(17)18)6-9-4-2-1-3-5-9;1-6(2)3-7(10(13)14)4-9(15)8(12)5-11;1-4-7(2)8(3)5-10(13)9(12)6-11;1-6(2)7(3)4-9(12)8(11)5-10;2*1-2-3-4-7(10)6(9)5-8;1-2-3-6(9)5(8)4-7/h2*1-5,10-11H,6-8,14-15H2,(H,17,18);6-8H,3-5,11-12H2,1-2H3,(H,13,14);7-9H,4-6,11-12H2,1-3H3;6-8H,4-5,10-11H2,1-3H3;2*6H,2-5,8-9H2,1H3;5H,2-4,7-8H2,1H3/t2*10-,11+;7-,8+;7?,8-,9-;7-,8-;2*6-;5-/m10100100/s1. The van der Waals surface area contributed by atoms with E-state index in [2.05, 4.69) is 41.5 Å². The van der Waals surface area contributed by atoms with Gasteiger partial charge in [0.05, 0.1) is 60.0 Å². The van der Waals surface area contributed by atoms with E-state index >= 15 is 0 Å². The number of ketones is 7. The van der Waals surface area contributed by atoms with Crippen molar-refractivity contribution in [3.63, 3.8) is 0 Å². The first-order chi connectivity index (χ1) is 49.1. The van der Waals surface area contributed by atoms with E-state index in [4.69, 9.17) is 119 Å². The van der Waals surface area contributed by atoms with Gasteiger partial charge in [0.25, 0.3) is 0 Å². The zero-order valence-corrected chi connectivity index (χ0v) is 66.1. The van der Waals surface area contributed by atoms with Crippen molar-refractivity contribution in [1.82, 2.24) is 0 Å². The molecule has 35 N–H and O–H groups in total. The number of carbonyl (C=O) groups is 10. The minimum absolute atomic E-state index is 0.0382. The Labute approximate surface area is 632 Å². The van der Waals surface area contributed by atoms with Gasteiger partial charge < -0.3 is 107 Å². The second-order valence-corrected chi connectivity index (χ2v) is 27.7. The molecule has 2 aromatic carbocycles. The monoisotopic (exact) mass is 1510 g/mol. The van der Waals surface area contributed by atoms with Crippen LogP contribution in [0.3, 0.4) is 0 Å². The molecule has 608 valence electrons. The lowest BCUT2D eigenvalue weighted by Crippen LogP contribution is -2.39. The lowest BCUT2D eigenvalue weighted by atomic mass is 9.88. The minimum atomic E-state index is -0.989. The van der Waals surface area contributed by atoms with Crippen LogP contribution >= 0.6 is 12.2 Å². The van der Waals surface area contributed by atoms with Crippen LogP contribution in [0.2, 0.25) is 0 Å². The normalized spacial score (nSPS) is 14.6. The van der Waals surface area contributed by atoms with Gasteiger partial charge in [0.1, 0.15) is 0 Å². The summed E-state index contributed by atoms with van der Waals surface area (Å²) in [4.78, 5) is 112. The molecule has 0 bridgehead atoms. The largest absolute Gasteiger partial charge is 0.481 e. The maximum absolute atomic E-state index is 11.6. The first-order valence-corrected chi connectivity index (χ1v) is 37.2. The molecular formula is C75H144N16O13S. The lowest BCUT2D eigenvalue weighted by molar-refractivity contribution is -0.144. The summed E-state index contributed by atoms with van der Waals surface area (Å²) in [6, 6.07) is 14.2. The molecule has 0 aliphatic heterocycles. The third-order valence-electron chi connectivity index (χ3n) is 17.0. The van der Waals surface area contributed by atoms with Gasteiger partial charge in [-0.25, -0.2) is 0 Å². The number of carboxylic acids is 3. The molecule has 30 heteroatoms. The molecule has 0 amide bonds. The summed E-state index contributed by atoms with van der Waals surface area (Å²) >= 11 is 5.06. The van der Waals surface area contributed by atoms with Crippen LogP contribution in [0, 0.1) is 47.3 Å². The fourth-order valence-electron chi connectivity index (χ4n) is 8.65. The van der Waals surface area contributed by atoms with E-state index in [0.717, 1.165) is 49.7 Å². The summed E-state index contributed by atoms with van der Waals surface area (Å²) in [5.74, 6) is -2.67. The highest BCUT2D eigenvalue weighted by molar-refractivity contribution is 7.80. The SMILES string of the molecule is CC(C)C[C@H](CC(=S)[C@@H](N)CN)C(=O)O.CC(C)[C@@H](C)CC(=O)[C@@H](N)CN.CCC(C)[C@@H](C)CC(=O)[C@@H](N)CN.CCCC(=O)[C@@H](N)CN.CCCCC(=O)[C@@H](N)CN.CCCCC(=O)[C@H](N)CN.NC[C@@H](N)C(=O)C[C@H](Cc1ccccc1)C(=O)O.NC[C@H](N)C(=O)C[C@@H](Cc1ccccc1)C(=O)O. The summed E-state index contributed by atoms with van der Waals surface area (Å²) in [6.45, 7) is 24.3. The van der Waals surface area contributed by atoms with Gasteiger partial charge >= 0.3 is 17.9 Å². The molecule has 29 nitrogen and oxygen atoms in total. The molecule has 1 unspecified atom stereocenters. The molecule has 0 radical (unpaired) electrons. The van der Waals surface area contributed by atoms with Crippen LogP contribution in [-0.4, -0.2) is 179 Å². The number of thiocarbonyl (C=S) groups is 1.